The average molecular weight is 418 g/mol. The van der Waals surface area contributed by atoms with Gasteiger partial charge >= 0.3 is 0 Å². The maximum absolute atomic E-state index is 13.5. The van der Waals surface area contributed by atoms with Crippen LogP contribution in [0.2, 0.25) is 0 Å². The molecule has 0 aromatic heterocycles. The van der Waals surface area contributed by atoms with Gasteiger partial charge in [-0.2, -0.15) is 0 Å². The molecule has 0 saturated heterocycles. The van der Waals surface area contributed by atoms with Gasteiger partial charge in [-0.1, -0.05) is 30.3 Å². The van der Waals surface area contributed by atoms with E-state index in [1.165, 1.54) is 0 Å². The summed E-state index contributed by atoms with van der Waals surface area (Å²) in [5.74, 6) is 1.45. The van der Waals surface area contributed by atoms with Crippen LogP contribution in [0.15, 0.2) is 72.8 Å². The number of anilines is 2. The van der Waals surface area contributed by atoms with E-state index in [1.807, 2.05) is 86.9 Å². The van der Waals surface area contributed by atoms with Gasteiger partial charge in [0.25, 0.3) is 5.91 Å². The topological polar surface area (TPSA) is 54.0 Å². The lowest BCUT2D eigenvalue weighted by atomic mass is 10.0. The number of carbonyl (C=O) groups is 1. The molecule has 6 nitrogen and oxygen atoms in total. The summed E-state index contributed by atoms with van der Waals surface area (Å²) in [5.41, 5.74) is 3.20. The van der Waals surface area contributed by atoms with E-state index in [4.69, 9.17) is 9.47 Å². The molecule has 1 N–H and O–H groups in total. The zero-order valence-electron chi connectivity index (χ0n) is 18.0. The summed E-state index contributed by atoms with van der Waals surface area (Å²) in [6.07, 6.45) is -0.356. The standard InChI is InChI=1S/C25H27N3O3/c1-27(2)15-16-31-20-13-11-18(12-14-20)24-26-23-10-5-4-9-22(23)25(29)28(24)19-7-6-8-21(17-19)30-3/h4-14,17,24,26H,15-16H2,1-3H3. The van der Waals surface area contributed by atoms with Gasteiger partial charge < -0.3 is 19.7 Å². The SMILES string of the molecule is COc1cccc(N2C(=O)c3ccccc3NC2c2ccc(OCCN(C)C)cc2)c1. The van der Waals surface area contributed by atoms with Crippen molar-refractivity contribution in [1.82, 2.24) is 4.90 Å². The number of rotatable bonds is 7. The molecular formula is C25H27N3O3. The average Bonchev–Trinajstić information content (AvgIpc) is 2.79. The molecule has 0 bridgehead atoms. The Morgan fingerprint density at radius 3 is 2.48 bits per heavy atom. The van der Waals surface area contributed by atoms with E-state index < -0.39 is 0 Å². The Hall–Kier alpha value is -3.51. The molecule has 3 aromatic carbocycles. The van der Waals surface area contributed by atoms with Crippen molar-refractivity contribution in [1.29, 1.82) is 0 Å². The van der Waals surface area contributed by atoms with Gasteiger partial charge in [-0.15, -0.1) is 0 Å². The number of fused-ring (bicyclic) bond motifs is 1. The number of hydrogen-bond donors (Lipinski definition) is 1. The third kappa shape index (κ3) is 4.49. The first-order valence-electron chi connectivity index (χ1n) is 10.3. The molecule has 1 aliphatic rings. The van der Waals surface area contributed by atoms with Crippen molar-refractivity contribution >= 4 is 17.3 Å². The fourth-order valence-corrected chi connectivity index (χ4v) is 3.61. The molecule has 0 spiro atoms. The lowest BCUT2D eigenvalue weighted by Gasteiger charge is -2.38. The Morgan fingerprint density at radius 2 is 1.74 bits per heavy atom. The second-order valence-electron chi connectivity index (χ2n) is 7.69. The van der Waals surface area contributed by atoms with E-state index in [0.717, 1.165) is 29.2 Å². The number of benzene rings is 3. The van der Waals surface area contributed by atoms with Crippen LogP contribution in [0.25, 0.3) is 0 Å². The van der Waals surface area contributed by atoms with E-state index in [-0.39, 0.29) is 12.1 Å². The molecule has 160 valence electrons. The summed E-state index contributed by atoms with van der Waals surface area (Å²) >= 11 is 0. The molecule has 1 amide bonds. The Labute approximate surface area is 183 Å². The van der Waals surface area contributed by atoms with Gasteiger partial charge in [-0.05, 0) is 56.1 Å². The molecule has 1 heterocycles. The summed E-state index contributed by atoms with van der Waals surface area (Å²) in [6.45, 7) is 1.47. The van der Waals surface area contributed by atoms with Crippen molar-refractivity contribution < 1.29 is 14.3 Å². The van der Waals surface area contributed by atoms with Crippen molar-refractivity contribution in [2.45, 2.75) is 6.17 Å². The third-order valence-corrected chi connectivity index (χ3v) is 5.26. The predicted octanol–water partition coefficient (Wildman–Crippen LogP) is 4.41. The number of ether oxygens (including phenoxy) is 2. The second-order valence-corrected chi connectivity index (χ2v) is 7.69. The molecule has 4 rings (SSSR count). The van der Waals surface area contributed by atoms with Crippen LogP contribution >= 0.6 is 0 Å². The first kappa shape index (κ1) is 20.8. The van der Waals surface area contributed by atoms with Gasteiger partial charge in [-0.3, -0.25) is 9.69 Å². The Balaban J connectivity index is 1.67. The van der Waals surface area contributed by atoms with Crippen molar-refractivity contribution in [3.8, 4) is 11.5 Å². The van der Waals surface area contributed by atoms with Crippen LogP contribution < -0.4 is 19.7 Å². The quantitative estimate of drug-likeness (QED) is 0.617. The molecule has 0 fully saturated rings. The van der Waals surface area contributed by atoms with Crippen LogP contribution in [0.4, 0.5) is 11.4 Å². The van der Waals surface area contributed by atoms with Gasteiger partial charge in [0.15, 0.2) is 0 Å². The summed E-state index contributed by atoms with van der Waals surface area (Å²) in [4.78, 5) is 17.3. The fraction of sp³-hybridized carbons (Fsp3) is 0.240. The Kier molecular flexibility index (Phi) is 6.09. The van der Waals surface area contributed by atoms with Crippen LogP contribution in [-0.2, 0) is 0 Å². The van der Waals surface area contributed by atoms with Gasteiger partial charge in [0.2, 0.25) is 0 Å². The monoisotopic (exact) mass is 417 g/mol. The lowest BCUT2D eigenvalue weighted by Crippen LogP contribution is -2.43. The van der Waals surface area contributed by atoms with Crippen LogP contribution in [0.3, 0.4) is 0 Å². The van der Waals surface area contributed by atoms with Crippen LogP contribution in [-0.4, -0.2) is 45.2 Å². The number of likely N-dealkylation sites (N-methyl/N-ethyl adjacent to an activating group) is 1. The highest BCUT2D eigenvalue weighted by Crippen LogP contribution is 2.37. The van der Waals surface area contributed by atoms with Gasteiger partial charge in [0, 0.05) is 18.3 Å². The molecule has 6 heteroatoms. The number of methoxy groups -OCH3 is 1. The molecule has 0 saturated carbocycles. The van der Waals surface area contributed by atoms with E-state index >= 15 is 0 Å². The zero-order chi connectivity index (χ0) is 21.8. The minimum absolute atomic E-state index is 0.0566. The van der Waals surface area contributed by atoms with Crippen molar-refractivity contribution in [3.05, 3.63) is 83.9 Å². The molecule has 1 unspecified atom stereocenters. The smallest absolute Gasteiger partial charge is 0.262 e. The molecule has 31 heavy (non-hydrogen) atoms. The molecule has 1 atom stereocenters. The third-order valence-electron chi connectivity index (χ3n) is 5.26. The summed E-state index contributed by atoms with van der Waals surface area (Å²) < 4.78 is 11.2. The van der Waals surface area contributed by atoms with Crippen LogP contribution in [0.5, 0.6) is 11.5 Å². The number of amides is 1. The van der Waals surface area contributed by atoms with Crippen molar-refractivity contribution in [3.63, 3.8) is 0 Å². The Bertz CT molecular complexity index is 1050. The van der Waals surface area contributed by atoms with E-state index in [9.17, 15) is 4.79 Å². The van der Waals surface area contributed by atoms with Crippen molar-refractivity contribution in [2.24, 2.45) is 0 Å². The van der Waals surface area contributed by atoms with Crippen LogP contribution in [0, 0.1) is 0 Å². The largest absolute Gasteiger partial charge is 0.497 e. The molecule has 0 aliphatic carbocycles. The zero-order valence-corrected chi connectivity index (χ0v) is 18.0. The van der Waals surface area contributed by atoms with Gasteiger partial charge in [0.05, 0.1) is 18.4 Å². The minimum Gasteiger partial charge on any atom is -0.497 e. The van der Waals surface area contributed by atoms with Crippen LogP contribution in [0.1, 0.15) is 22.1 Å². The first-order chi connectivity index (χ1) is 15.1. The van der Waals surface area contributed by atoms with Gasteiger partial charge in [0.1, 0.15) is 24.3 Å². The maximum Gasteiger partial charge on any atom is 0.262 e. The number of para-hydroxylation sites is 1. The highest BCUT2D eigenvalue weighted by molar-refractivity contribution is 6.12. The lowest BCUT2D eigenvalue weighted by molar-refractivity contribution is 0.0975. The number of carbonyl (C=O) groups excluding carboxylic acids is 1. The molecular weight excluding hydrogens is 390 g/mol. The molecule has 1 aliphatic heterocycles. The highest BCUT2D eigenvalue weighted by Gasteiger charge is 2.34. The van der Waals surface area contributed by atoms with E-state index in [1.54, 1.807) is 12.0 Å². The van der Waals surface area contributed by atoms with Crippen molar-refractivity contribution in [2.75, 3.05) is 44.6 Å². The highest BCUT2D eigenvalue weighted by atomic mass is 16.5. The number of nitrogens with one attached hydrogen (secondary N) is 1. The Morgan fingerprint density at radius 1 is 0.968 bits per heavy atom. The van der Waals surface area contributed by atoms with Gasteiger partial charge in [-0.25, -0.2) is 0 Å². The summed E-state index contributed by atoms with van der Waals surface area (Å²) in [5, 5.41) is 3.52. The number of hydrogen-bond acceptors (Lipinski definition) is 5. The second kappa shape index (κ2) is 9.10. The molecule has 3 aromatic rings. The maximum atomic E-state index is 13.5. The fourth-order valence-electron chi connectivity index (χ4n) is 3.61. The predicted molar refractivity (Wildman–Crippen MR) is 123 cm³/mol. The van der Waals surface area contributed by atoms with E-state index in [0.29, 0.717) is 17.9 Å². The number of nitrogens with zero attached hydrogens (tertiary/aromatic N) is 2. The normalized spacial score (nSPS) is 15.4. The molecule has 0 radical (unpaired) electrons. The summed E-state index contributed by atoms with van der Waals surface area (Å²) in [7, 11) is 5.66. The summed E-state index contributed by atoms with van der Waals surface area (Å²) in [6, 6.07) is 23.0. The van der Waals surface area contributed by atoms with E-state index in [2.05, 4.69) is 10.2 Å². The minimum atomic E-state index is -0.356. The first-order valence-corrected chi connectivity index (χ1v) is 10.3.